The number of aromatic nitrogens is 4. The van der Waals surface area contributed by atoms with Crippen molar-refractivity contribution in [3.8, 4) is 0 Å². The zero-order valence-electron chi connectivity index (χ0n) is 17.4. The third kappa shape index (κ3) is 3.41. The highest BCUT2D eigenvalue weighted by Crippen LogP contribution is 2.36. The van der Waals surface area contributed by atoms with Crippen LogP contribution < -0.4 is 15.5 Å². The summed E-state index contributed by atoms with van der Waals surface area (Å²) >= 11 is 0. The van der Waals surface area contributed by atoms with E-state index in [4.69, 9.17) is 10.4 Å². The number of hydrogen-bond donors (Lipinski definition) is 3. The fourth-order valence-corrected chi connectivity index (χ4v) is 4.71. The molecule has 4 heterocycles. The highest BCUT2D eigenvalue weighted by atomic mass is 15.2. The minimum atomic E-state index is 0.414. The topological polar surface area (TPSA) is 94.8 Å². The molecule has 2 aliphatic rings. The Labute approximate surface area is 176 Å². The van der Waals surface area contributed by atoms with E-state index in [1.807, 2.05) is 18.5 Å². The first-order valence-electron chi connectivity index (χ1n) is 10.8. The van der Waals surface area contributed by atoms with Crippen LogP contribution in [0, 0.1) is 12.3 Å². The molecule has 0 radical (unpaired) electrons. The van der Waals surface area contributed by atoms with Crippen molar-refractivity contribution in [3.05, 3.63) is 35.8 Å². The monoisotopic (exact) mass is 404 g/mol. The van der Waals surface area contributed by atoms with Gasteiger partial charge >= 0.3 is 0 Å². The number of fused-ring (bicyclic) bond motifs is 1. The Morgan fingerprint density at radius 2 is 1.93 bits per heavy atom. The molecule has 3 aromatic heterocycles. The number of pyridine rings is 1. The third-order valence-electron chi connectivity index (χ3n) is 6.34. The summed E-state index contributed by atoms with van der Waals surface area (Å²) in [6.45, 7) is 6.07. The summed E-state index contributed by atoms with van der Waals surface area (Å²) in [5.41, 5.74) is 4.08. The van der Waals surface area contributed by atoms with Gasteiger partial charge in [0.15, 0.2) is 0 Å². The molecule has 30 heavy (non-hydrogen) atoms. The van der Waals surface area contributed by atoms with Crippen LogP contribution in [0.15, 0.2) is 24.5 Å². The molecule has 0 aromatic carbocycles. The quantitative estimate of drug-likeness (QED) is 0.564. The lowest BCUT2D eigenvalue weighted by Crippen LogP contribution is -2.43. The summed E-state index contributed by atoms with van der Waals surface area (Å²) in [6.07, 6.45) is 10.00. The van der Waals surface area contributed by atoms with Crippen LogP contribution >= 0.6 is 0 Å². The number of piperazine rings is 1. The van der Waals surface area contributed by atoms with Gasteiger partial charge in [0.05, 0.1) is 17.6 Å². The van der Waals surface area contributed by atoms with Crippen molar-refractivity contribution in [1.29, 1.82) is 5.41 Å². The standard InChI is InChI=1S/C22H28N8/c1-15-18-14-26-22(28-21(18)30(19(15)12-23)16-4-2-3-5-16)27-20-7-6-17(13-25-20)29-10-8-24-9-11-29/h6-7,12-14,16,23-24H,2-5,8-11H2,1H3,(H,25,26,27,28). The molecule has 0 bridgehead atoms. The van der Waals surface area contributed by atoms with Crippen molar-refractivity contribution in [1.82, 2.24) is 24.8 Å². The molecule has 8 nitrogen and oxygen atoms in total. The molecule has 8 heteroatoms. The maximum Gasteiger partial charge on any atom is 0.230 e. The van der Waals surface area contributed by atoms with Gasteiger partial charge in [-0.1, -0.05) is 12.8 Å². The fraction of sp³-hybridized carbons (Fsp3) is 0.455. The number of anilines is 3. The number of nitrogens with zero attached hydrogens (tertiary/aromatic N) is 5. The molecule has 156 valence electrons. The second kappa shape index (κ2) is 8.02. The van der Waals surface area contributed by atoms with E-state index in [2.05, 4.69) is 43.1 Å². The molecular weight excluding hydrogens is 376 g/mol. The molecule has 1 aliphatic heterocycles. The molecule has 3 N–H and O–H groups in total. The van der Waals surface area contributed by atoms with Crippen molar-refractivity contribution in [3.63, 3.8) is 0 Å². The Morgan fingerprint density at radius 1 is 1.13 bits per heavy atom. The van der Waals surface area contributed by atoms with Crippen molar-refractivity contribution in [2.75, 3.05) is 36.4 Å². The Kier molecular flexibility index (Phi) is 5.08. The predicted octanol–water partition coefficient (Wildman–Crippen LogP) is 3.40. The lowest BCUT2D eigenvalue weighted by atomic mass is 10.2. The minimum Gasteiger partial charge on any atom is -0.368 e. The van der Waals surface area contributed by atoms with Crippen LogP contribution in [0.5, 0.6) is 0 Å². The van der Waals surface area contributed by atoms with Gasteiger partial charge in [-0.2, -0.15) is 4.98 Å². The number of nitrogens with one attached hydrogen (secondary N) is 3. The lowest BCUT2D eigenvalue weighted by Gasteiger charge is -2.29. The molecule has 2 fully saturated rings. The van der Waals surface area contributed by atoms with Crippen LogP contribution in [0.1, 0.15) is 43.0 Å². The highest BCUT2D eigenvalue weighted by molar-refractivity contribution is 5.92. The lowest BCUT2D eigenvalue weighted by molar-refractivity contribution is 0.529. The fourth-order valence-electron chi connectivity index (χ4n) is 4.71. The minimum absolute atomic E-state index is 0.414. The largest absolute Gasteiger partial charge is 0.368 e. The van der Waals surface area contributed by atoms with Crippen LogP contribution in [0.25, 0.3) is 11.0 Å². The van der Waals surface area contributed by atoms with Gasteiger partial charge < -0.3 is 25.5 Å². The summed E-state index contributed by atoms with van der Waals surface area (Å²) in [5, 5.41) is 15.6. The van der Waals surface area contributed by atoms with Gasteiger partial charge in [-0.05, 0) is 37.5 Å². The average Bonchev–Trinajstić information content (AvgIpc) is 3.41. The summed E-state index contributed by atoms with van der Waals surface area (Å²) in [7, 11) is 0. The smallest absolute Gasteiger partial charge is 0.230 e. The van der Waals surface area contributed by atoms with Gasteiger partial charge in [0.25, 0.3) is 0 Å². The van der Waals surface area contributed by atoms with Crippen LogP contribution in [0.4, 0.5) is 17.5 Å². The Bertz CT molecular complexity index is 1040. The molecular formula is C22H28N8. The third-order valence-corrected chi connectivity index (χ3v) is 6.34. The number of hydrogen-bond acceptors (Lipinski definition) is 7. The second-order valence-corrected chi connectivity index (χ2v) is 8.16. The van der Waals surface area contributed by atoms with Crippen molar-refractivity contribution < 1.29 is 0 Å². The van der Waals surface area contributed by atoms with E-state index in [0.29, 0.717) is 12.0 Å². The van der Waals surface area contributed by atoms with E-state index in [1.54, 1.807) is 0 Å². The Hall–Kier alpha value is -3.00. The molecule has 3 aromatic rings. The maximum atomic E-state index is 7.93. The zero-order valence-corrected chi connectivity index (χ0v) is 17.4. The number of rotatable bonds is 5. The predicted molar refractivity (Wildman–Crippen MR) is 120 cm³/mol. The van der Waals surface area contributed by atoms with E-state index in [9.17, 15) is 0 Å². The van der Waals surface area contributed by atoms with Gasteiger partial charge in [0.1, 0.15) is 11.5 Å². The van der Waals surface area contributed by atoms with Gasteiger partial charge in [-0.15, -0.1) is 0 Å². The molecule has 1 saturated carbocycles. The van der Waals surface area contributed by atoms with E-state index >= 15 is 0 Å². The molecule has 1 saturated heterocycles. The highest BCUT2D eigenvalue weighted by Gasteiger charge is 2.24. The molecule has 1 aliphatic carbocycles. The van der Waals surface area contributed by atoms with Crippen LogP contribution in [0.2, 0.25) is 0 Å². The summed E-state index contributed by atoms with van der Waals surface area (Å²) in [5.74, 6) is 1.27. The normalized spacial score (nSPS) is 17.6. The van der Waals surface area contributed by atoms with Crippen LogP contribution in [0.3, 0.4) is 0 Å². The molecule has 5 rings (SSSR count). The molecule has 0 spiro atoms. The summed E-state index contributed by atoms with van der Waals surface area (Å²) in [4.78, 5) is 16.3. The van der Waals surface area contributed by atoms with E-state index in [-0.39, 0.29) is 0 Å². The maximum absolute atomic E-state index is 7.93. The average molecular weight is 405 g/mol. The summed E-state index contributed by atoms with van der Waals surface area (Å²) < 4.78 is 2.25. The van der Waals surface area contributed by atoms with Crippen LogP contribution in [-0.2, 0) is 0 Å². The van der Waals surface area contributed by atoms with Crippen molar-refractivity contribution in [2.45, 2.75) is 38.6 Å². The second-order valence-electron chi connectivity index (χ2n) is 8.16. The van der Waals surface area contributed by atoms with Crippen molar-refractivity contribution >= 4 is 34.7 Å². The van der Waals surface area contributed by atoms with Gasteiger partial charge in [-0.25, -0.2) is 9.97 Å². The van der Waals surface area contributed by atoms with E-state index in [0.717, 1.165) is 72.8 Å². The zero-order chi connectivity index (χ0) is 20.5. The first kappa shape index (κ1) is 19.0. The SMILES string of the molecule is Cc1c(C=N)n(C2CCCC2)c2nc(Nc3ccc(N4CCNCC4)cn3)ncc12. The van der Waals surface area contributed by atoms with Crippen molar-refractivity contribution in [2.24, 2.45) is 0 Å². The van der Waals surface area contributed by atoms with Crippen LogP contribution in [-0.4, -0.2) is 51.9 Å². The molecule has 0 unspecified atom stereocenters. The first-order valence-corrected chi connectivity index (χ1v) is 10.8. The van der Waals surface area contributed by atoms with E-state index < -0.39 is 0 Å². The number of aryl methyl sites for hydroxylation is 1. The first-order chi connectivity index (χ1) is 14.7. The molecule has 0 atom stereocenters. The van der Waals surface area contributed by atoms with E-state index in [1.165, 1.54) is 19.1 Å². The van der Waals surface area contributed by atoms with Gasteiger partial charge in [0, 0.05) is 50.0 Å². The van der Waals surface area contributed by atoms with Gasteiger partial charge in [0.2, 0.25) is 5.95 Å². The Morgan fingerprint density at radius 3 is 2.63 bits per heavy atom. The summed E-state index contributed by atoms with van der Waals surface area (Å²) in [6, 6.07) is 4.49. The van der Waals surface area contributed by atoms with Gasteiger partial charge in [-0.3, -0.25) is 0 Å². The Balaban J connectivity index is 1.43. The molecule has 0 amide bonds.